The Morgan fingerprint density at radius 2 is 1.90 bits per heavy atom. The molecule has 5 heteroatoms. The average molecular weight is 390 g/mol. The molecule has 0 radical (unpaired) electrons. The first-order valence-electron chi connectivity index (χ1n) is 9.64. The summed E-state index contributed by atoms with van der Waals surface area (Å²) in [6, 6.07) is 16.7. The molecule has 0 saturated heterocycles. The van der Waals surface area contributed by atoms with Crippen LogP contribution in [-0.4, -0.2) is 22.3 Å². The SMILES string of the molecule is CC.CC(C(=O)O)c1ccc(NCc2ccccc2C=O)c(-c2cccnc2)c1. The monoisotopic (exact) mass is 390 g/mol. The van der Waals surface area contributed by atoms with E-state index in [0.717, 1.165) is 34.2 Å². The quantitative estimate of drug-likeness (QED) is 0.529. The van der Waals surface area contributed by atoms with Gasteiger partial charge < -0.3 is 10.4 Å². The fourth-order valence-electron chi connectivity index (χ4n) is 2.89. The lowest BCUT2D eigenvalue weighted by Crippen LogP contribution is -2.09. The molecule has 5 nitrogen and oxygen atoms in total. The maximum Gasteiger partial charge on any atom is 0.310 e. The minimum absolute atomic E-state index is 0.482. The Hall–Kier alpha value is -3.47. The molecule has 0 aliphatic carbocycles. The summed E-state index contributed by atoms with van der Waals surface area (Å²) >= 11 is 0. The van der Waals surface area contributed by atoms with E-state index in [1.165, 1.54) is 0 Å². The summed E-state index contributed by atoms with van der Waals surface area (Å²) in [7, 11) is 0. The second-order valence-electron chi connectivity index (χ2n) is 6.28. The topological polar surface area (TPSA) is 79.3 Å². The lowest BCUT2D eigenvalue weighted by atomic mass is 9.95. The maximum atomic E-state index is 11.4. The van der Waals surface area contributed by atoms with E-state index in [-0.39, 0.29) is 0 Å². The van der Waals surface area contributed by atoms with E-state index in [1.54, 1.807) is 25.4 Å². The second-order valence-corrected chi connectivity index (χ2v) is 6.28. The summed E-state index contributed by atoms with van der Waals surface area (Å²) in [6.45, 7) is 6.15. The summed E-state index contributed by atoms with van der Waals surface area (Å²) in [5.74, 6) is -1.47. The minimum atomic E-state index is -0.868. The van der Waals surface area contributed by atoms with Crippen molar-refractivity contribution in [2.24, 2.45) is 0 Å². The van der Waals surface area contributed by atoms with E-state index in [2.05, 4.69) is 10.3 Å². The third kappa shape index (κ3) is 5.51. The zero-order valence-corrected chi connectivity index (χ0v) is 16.9. The average Bonchev–Trinajstić information content (AvgIpc) is 2.79. The van der Waals surface area contributed by atoms with Crippen LogP contribution < -0.4 is 5.32 Å². The van der Waals surface area contributed by atoms with E-state index in [4.69, 9.17) is 0 Å². The predicted octanol–water partition coefficient (Wildman–Crippen LogP) is 5.39. The van der Waals surface area contributed by atoms with Crippen molar-refractivity contribution in [3.05, 3.63) is 83.7 Å². The van der Waals surface area contributed by atoms with Crippen LogP contribution in [0.25, 0.3) is 11.1 Å². The third-order valence-electron chi connectivity index (χ3n) is 4.54. The molecule has 0 fully saturated rings. The smallest absolute Gasteiger partial charge is 0.310 e. The number of carboxylic acids is 1. The minimum Gasteiger partial charge on any atom is -0.481 e. The number of nitrogens with one attached hydrogen (secondary N) is 1. The van der Waals surface area contributed by atoms with Crippen molar-refractivity contribution >= 4 is 17.9 Å². The molecule has 0 bridgehead atoms. The number of nitrogens with zero attached hydrogens (tertiary/aromatic N) is 1. The molecule has 3 rings (SSSR count). The number of anilines is 1. The Morgan fingerprint density at radius 1 is 1.14 bits per heavy atom. The van der Waals surface area contributed by atoms with Crippen LogP contribution in [0.3, 0.4) is 0 Å². The van der Waals surface area contributed by atoms with E-state index >= 15 is 0 Å². The molecule has 1 aromatic heterocycles. The molecule has 150 valence electrons. The van der Waals surface area contributed by atoms with Gasteiger partial charge >= 0.3 is 5.97 Å². The number of carboxylic acid groups (broad SMARTS) is 1. The fraction of sp³-hybridized carbons (Fsp3) is 0.208. The molecule has 1 unspecified atom stereocenters. The highest BCUT2D eigenvalue weighted by Crippen LogP contribution is 2.31. The number of pyridine rings is 1. The van der Waals surface area contributed by atoms with Gasteiger partial charge in [0.05, 0.1) is 5.92 Å². The summed E-state index contributed by atoms with van der Waals surface area (Å²) in [5, 5.41) is 12.7. The van der Waals surface area contributed by atoms with Crippen LogP contribution in [0.4, 0.5) is 5.69 Å². The summed E-state index contributed by atoms with van der Waals surface area (Å²) in [4.78, 5) is 26.7. The molecule has 0 aliphatic rings. The molecule has 3 aromatic rings. The number of hydrogen-bond acceptors (Lipinski definition) is 4. The molecular formula is C24H26N2O3. The Balaban J connectivity index is 0.00000145. The van der Waals surface area contributed by atoms with Gasteiger partial charge in [-0.15, -0.1) is 0 Å². The summed E-state index contributed by atoms with van der Waals surface area (Å²) in [6.07, 6.45) is 4.28. The Morgan fingerprint density at radius 3 is 2.55 bits per heavy atom. The van der Waals surface area contributed by atoms with E-state index in [0.29, 0.717) is 12.1 Å². The van der Waals surface area contributed by atoms with Crippen molar-refractivity contribution in [2.75, 3.05) is 5.32 Å². The van der Waals surface area contributed by atoms with Gasteiger partial charge in [0.2, 0.25) is 0 Å². The highest BCUT2D eigenvalue weighted by atomic mass is 16.4. The number of aromatic nitrogens is 1. The first kappa shape index (κ1) is 21.8. The molecule has 1 heterocycles. The molecule has 2 aromatic carbocycles. The number of hydrogen-bond donors (Lipinski definition) is 2. The van der Waals surface area contributed by atoms with Crippen LogP contribution in [0.1, 0.15) is 48.2 Å². The highest BCUT2D eigenvalue weighted by molar-refractivity contribution is 5.82. The number of carbonyl (C=O) groups excluding carboxylic acids is 1. The third-order valence-corrected chi connectivity index (χ3v) is 4.54. The van der Waals surface area contributed by atoms with Gasteiger partial charge in [-0.2, -0.15) is 0 Å². The Bertz CT molecular complexity index is 955. The largest absolute Gasteiger partial charge is 0.481 e. The van der Waals surface area contributed by atoms with E-state index < -0.39 is 11.9 Å². The van der Waals surface area contributed by atoms with Gasteiger partial charge in [-0.05, 0) is 36.2 Å². The lowest BCUT2D eigenvalue weighted by Gasteiger charge is -2.16. The van der Waals surface area contributed by atoms with Gasteiger partial charge in [0.25, 0.3) is 0 Å². The summed E-state index contributed by atoms with van der Waals surface area (Å²) in [5.41, 5.74) is 4.88. The second kappa shape index (κ2) is 10.8. The van der Waals surface area contributed by atoms with Crippen LogP contribution in [0.15, 0.2) is 67.0 Å². The van der Waals surface area contributed by atoms with Gasteiger partial charge in [-0.1, -0.05) is 50.2 Å². The van der Waals surface area contributed by atoms with Crippen molar-refractivity contribution in [2.45, 2.75) is 33.2 Å². The number of benzene rings is 2. The molecule has 0 spiro atoms. The fourth-order valence-corrected chi connectivity index (χ4v) is 2.89. The van der Waals surface area contributed by atoms with Gasteiger partial charge in [-0.25, -0.2) is 0 Å². The molecule has 0 amide bonds. The van der Waals surface area contributed by atoms with Gasteiger partial charge in [0.1, 0.15) is 6.29 Å². The van der Waals surface area contributed by atoms with Crippen molar-refractivity contribution in [3.63, 3.8) is 0 Å². The van der Waals surface area contributed by atoms with Crippen molar-refractivity contribution in [1.29, 1.82) is 0 Å². The Labute approximate surface area is 171 Å². The van der Waals surface area contributed by atoms with E-state index in [9.17, 15) is 14.7 Å². The van der Waals surface area contributed by atoms with Gasteiger partial charge in [0.15, 0.2) is 0 Å². The zero-order chi connectivity index (χ0) is 21.2. The van der Waals surface area contributed by atoms with Gasteiger partial charge in [-0.3, -0.25) is 14.6 Å². The van der Waals surface area contributed by atoms with Crippen molar-refractivity contribution < 1.29 is 14.7 Å². The van der Waals surface area contributed by atoms with Crippen molar-refractivity contribution in [3.8, 4) is 11.1 Å². The normalized spacial score (nSPS) is 11.0. The number of aliphatic carboxylic acids is 1. The molecule has 2 N–H and O–H groups in total. The first-order chi connectivity index (χ1) is 14.1. The van der Waals surface area contributed by atoms with Crippen LogP contribution in [-0.2, 0) is 11.3 Å². The molecule has 0 aliphatic heterocycles. The lowest BCUT2D eigenvalue weighted by molar-refractivity contribution is -0.138. The van der Waals surface area contributed by atoms with Crippen LogP contribution in [0, 0.1) is 0 Å². The van der Waals surface area contributed by atoms with Crippen LogP contribution in [0.5, 0.6) is 0 Å². The molecule has 1 atom stereocenters. The molecule has 29 heavy (non-hydrogen) atoms. The van der Waals surface area contributed by atoms with Crippen LogP contribution >= 0.6 is 0 Å². The number of rotatable bonds is 7. The number of aldehydes is 1. The zero-order valence-electron chi connectivity index (χ0n) is 16.9. The first-order valence-corrected chi connectivity index (χ1v) is 9.64. The van der Waals surface area contributed by atoms with Gasteiger partial charge in [0, 0.05) is 41.3 Å². The molecular weight excluding hydrogens is 364 g/mol. The van der Waals surface area contributed by atoms with E-state index in [1.807, 2.05) is 62.4 Å². The number of carbonyl (C=O) groups is 2. The predicted molar refractivity (Wildman–Crippen MR) is 116 cm³/mol. The maximum absolute atomic E-state index is 11.4. The van der Waals surface area contributed by atoms with Crippen molar-refractivity contribution in [1.82, 2.24) is 4.98 Å². The Kier molecular flexibility index (Phi) is 8.10. The van der Waals surface area contributed by atoms with Crippen LogP contribution in [0.2, 0.25) is 0 Å². The highest BCUT2D eigenvalue weighted by Gasteiger charge is 2.16. The standard InChI is InChI=1S/C22H20N2O3.C2H6/c1-15(22(26)27)16-8-9-21(20(11-16)18-7-4-10-23-12-18)24-13-17-5-2-3-6-19(17)14-25;1-2/h2-12,14-15,24H,13H2,1H3,(H,26,27);1-2H3. The molecule has 0 saturated carbocycles. The summed E-state index contributed by atoms with van der Waals surface area (Å²) < 4.78 is 0.